The Balaban J connectivity index is 1.27. The second kappa shape index (κ2) is 8.37. The maximum atomic E-state index is 13.3. The highest BCUT2D eigenvalue weighted by molar-refractivity contribution is 7.99. The quantitative estimate of drug-likeness (QED) is 0.636. The van der Waals surface area contributed by atoms with Gasteiger partial charge in [-0.3, -0.25) is 4.79 Å². The van der Waals surface area contributed by atoms with Crippen molar-refractivity contribution in [2.24, 2.45) is 23.2 Å². The Bertz CT molecular complexity index is 859. The fourth-order valence-electron chi connectivity index (χ4n) is 6.53. The van der Waals surface area contributed by atoms with Gasteiger partial charge in [-0.15, -0.1) is 10.2 Å². The fourth-order valence-corrected chi connectivity index (χ4v) is 7.24. The number of nitrogens with zero attached hydrogens (tertiary/aromatic N) is 3. The van der Waals surface area contributed by atoms with Crippen molar-refractivity contribution in [1.29, 1.82) is 0 Å². The van der Waals surface area contributed by atoms with Crippen molar-refractivity contribution in [1.82, 2.24) is 20.1 Å². The lowest BCUT2D eigenvalue weighted by Crippen LogP contribution is -2.53. The number of aryl methyl sites for hydroxylation is 1. The zero-order valence-electron chi connectivity index (χ0n) is 17.8. The van der Waals surface area contributed by atoms with Crippen LogP contribution in [0.15, 0.2) is 35.5 Å². The van der Waals surface area contributed by atoms with Gasteiger partial charge >= 0.3 is 0 Å². The van der Waals surface area contributed by atoms with Gasteiger partial charge in [0.05, 0.1) is 6.54 Å². The summed E-state index contributed by atoms with van der Waals surface area (Å²) in [4.78, 5) is 13.3. The zero-order valence-corrected chi connectivity index (χ0v) is 18.7. The SMILES string of the molecule is CCSc1nnc(CNC(=O)C23CC4CC(CC(C4)C2)C3)n1CCc1ccccc1. The summed E-state index contributed by atoms with van der Waals surface area (Å²) in [6.07, 6.45) is 8.31. The van der Waals surface area contributed by atoms with E-state index < -0.39 is 0 Å². The van der Waals surface area contributed by atoms with Crippen LogP contribution in [0.3, 0.4) is 0 Å². The van der Waals surface area contributed by atoms with Gasteiger partial charge in [0.1, 0.15) is 0 Å². The normalized spacial score (nSPS) is 29.3. The smallest absolute Gasteiger partial charge is 0.226 e. The monoisotopic (exact) mass is 424 g/mol. The molecule has 4 aliphatic rings. The van der Waals surface area contributed by atoms with Gasteiger partial charge in [-0.25, -0.2) is 0 Å². The Labute approximate surface area is 183 Å². The van der Waals surface area contributed by atoms with E-state index in [4.69, 9.17) is 0 Å². The summed E-state index contributed by atoms with van der Waals surface area (Å²) in [5.74, 6) is 4.45. The molecule has 0 radical (unpaired) electrons. The molecule has 1 heterocycles. The highest BCUT2D eigenvalue weighted by atomic mass is 32.2. The molecule has 1 amide bonds. The molecule has 6 rings (SSSR count). The van der Waals surface area contributed by atoms with Crippen molar-refractivity contribution < 1.29 is 4.79 Å². The minimum atomic E-state index is -0.107. The van der Waals surface area contributed by atoms with Crippen LogP contribution in [0.25, 0.3) is 0 Å². The standard InChI is InChI=1S/C24H32N4OS/c1-2-30-23-27-26-21(28(23)9-8-17-6-4-3-5-7-17)16-25-22(29)24-13-18-10-19(14-24)12-20(11-18)15-24/h3-7,18-20H,2,8-16H2,1H3,(H,25,29). The van der Waals surface area contributed by atoms with E-state index >= 15 is 0 Å². The molecular formula is C24H32N4OS. The maximum Gasteiger partial charge on any atom is 0.226 e. The van der Waals surface area contributed by atoms with Gasteiger partial charge < -0.3 is 9.88 Å². The van der Waals surface area contributed by atoms with Crippen molar-refractivity contribution in [2.75, 3.05) is 5.75 Å². The van der Waals surface area contributed by atoms with Gasteiger partial charge in [-0.1, -0.05) is 49.0 Å². The van der Waals surface area contributed by atoms with Gasteiger partial charge in [0.15, 0.2) is 11.0 Å². The van der Waals surface area contributed by atoms with Gasteiger partial charge in [0, 0.05) is 12.0 Å². The first kappa shape index (κ1) is 20.1. The Morgan fingerprint density at radius 3 is 2.40 bits per heavy atom. The van der Waals surface area contributed by atoms with E-state index in [1.165, 1.54) is 24.8 Å². The fraction of sp³-hybridized carbons (Fsp3) is 0.625. The van der Waals surface area contributed by atoms with Crippen LogP contribution in [0.1, 0.15) is 56.8 Å². The molecule has 0 spiro atoms. The molecule has 2 aromatic rings. The summed E-state index contributed by atoms with van der Waals surface area (Å²) in [6, 6.07) is 10.5. The molecule has 0 atom stereocenters. The molecule has 4 fully saturated rings. The molecule has 160 valence electrons. The summed E-state index contributed by atoms with van der Waals surface area (Å²) in [5, 5.41) is 13.1. The molecule has 0 saturated heterocycles. The first-order chi connectivity index (χ1) is 14.6. The lowest BCUT2D eigenvalue weighted by molar-refractivity contribution is -0.146. The Morgan fingerprint density at radius 2 is 1.77 bits per heavy atom. The van der Waals surface area contributed by atoms with E-state index in [2.05, 4.69) is 51.3 Å². The minimum absolute atomic E-state index is 0.107. The van der Waals surface area contributed by atoms with Gasteiger partial charge in [-0.05, 0) is 74.0 Å². The number of benzene rings is 1. The molecule has 5 nitrogen and oxygen atoms in total. The third-order valence-electron chi connectivity index (χ3n) is 7.46. The Hall–Kier alpha value is -1.82. The maximum absolute atomic E-state index is 13.3. The second-order valence-electron chi connectivity index (χ2n) is 9.60. The molecule has 4 bridgehead atoms. The number of hydrogen-bond acceptors (Lipinski definition) is 4. The minimum Gasteiger partial charge on any atom is -0.348 e. The highest BCUT2D eigenvalue weighted by Gasteiger charge is 2.54. The number of rotatable bonds is 8. The van der Waals surface area contributed by atoms with Gasteiger partial charge in [0.25, 0.3) is 0 Å². The molecular weight excluding hydrogens is 392 g/mol. The van der Waals surface area contributed by atoms with Crippen LogP contribution in [0.2, 0.25) is 0 Å². The van der Waals surface area contributed by atoms with E-state index in [0.29, 0.717) is 6.54 Å². The number of thioether (sulfide) groups is 1. The predicted octanol–water partition coefficient (Wildman–Crippen LogP) is 4.47. The van der Waals surface area contributed by atoms with Crippen molar-refractivity contribution in [3.63, 3.8) is 0 Å². The molecule has 1 N–H and O–H groups in total. The molecule has 0 aliphatic heterocycles. The number of hydrogen-bond donors (Lipinski definition) is 1. The third-order valence-corrected chi connectivity index (χ3v) is 8.31. The molecule has 6 heteroatoms. The first-order valence-electron chi connectivity index (χ1n) is 11.5. The topological polar surface area (TPSA) is 59.8 Å². The summed E-state index contributed by atoms with van der Waals surface area (Å²) in [6.45, 7) is 3.45. The van der Waals surface area contributed by atoms with Crippen molar-refractivity contribution in [2.45, 2.75) is 70.1 Å². The second-order valence-corrected chi connectivity index (χ2v) is 10.8. The van der Waals surface area contributed by atoms with E-state index in [1.807, 2.05) is 6.07 Å². The van der Waals surface area contributed by atoms with Crippen molar-refractivity contribution >= 4 is 17.7 Å². The summed E-state index contributed by atoms with van der Waals surface area (Å²) in [5.41, 5.74) is 1.20. The molecule has 0 unspecified atom stereocenters. The van der Waals surface area contributed by atoms with Crippen LogP contribution in [0, 0.1) is 23.2 Å². The summed E-state index contributed by atoms with van der Waals surface area (Å²) >= 11 is 1.72. The number of carbonyl (C=O) groups excluding carboxylic acids is 1. The first-order valence-corrected chi connectivity index (χ1v) is 12.5. The Morgan fingerprint density at radius 1 is 1.10 bits per heavy atom. The lowest BCUT2D eigenvalue weighted by atomic mass is 9.49. The molecule has 1 aromatic heterocycles. The summed E-state index contributed by atoms with van der Waals surface area (Å²) in [7, 11) is 0. The van der Waals surface area contributed by atoms with E-state index in [9.17, 15) is 4.79 Å². The number of carbonyl (C=O) groups is 1. The zero-order chi connectivity index (χ0) is 20.6. The van der Waals surface area contributed by atoms with Crippen molar-refractivity contribution in [3.05, 3.63) is 41.7 Å². The van der Waals surface area contributed by atoms with Crippen LogP contribution in [0.5, 0.6) is 0 Å². The van der Waals surface area contributed by atoms with E-state index in [1.54, 1.807) is 11.8 Å². The largest absolute Gasteiger partial charge is 0.348 e. The third kappa shape index (κ3) is 3.91. The molecule has 1 aromatic carbocycles. The van der Waals surface area contributed by atoms with E-state index in [0.717, 1.165) is 66.7 Å². The summed E-state index contributed by atoms with van der Waals surface area (Å²) < 4.78 is 2.20. The van der Waals surface area contributed by atoms with Crippen molar-refractivity contribution in [3.8, 4) is 0 Å². The van der Waals surface area contributed by atoms with Crippen LogP contribution >= 0.6 is 11.8 Å². The highest BCUT2D eigenvalue weighted by Crippen LogP contribution is 2.60. The van der Waals surface area contributed by atoms with Crippen LogP contribution < -0.4 is 5.32 Å². The molecule has 4 aliphatic carbocycles. The van der Waals surface area contributed by atoms with Crippen LogP contribution in [-0.4, -0.2) is 26.4 Å². The lowest BCUT2D eigenvalue weighted by Gasteiger charge is -2.55. The average molecular weight is 425 g/mol. The average Bonchev–Trinajstić information content (AvgIpc) is 3.12. The number of nitrogens with one attached hydrogen (secondary N) is 1. The van der Waals surface area contributed by atoms with Gasteiger partial charge in [0.2, 0.25) is 5.91 Å². The number of aromatic nitrogens is 3. The van der Waals surface area contributed by atoms with Crippen LogP contribution in [-0.2, 0) is 24.3 Å². The number of amides is 1. The van der Waals surface area contributed by atoms with Gasteiger partial charge in [-0.2, -0.15) is 0 Å². The van der Waals surface area contributed by atoms with Crippen LogP contribution in [0.4, 0.5) is 0 Å². The Kier molecular flexibility index (Phi) is 5.61. The predicted molar refractivity (Wildman–Crippen MR) is 119 cm³/mol. The molecule has 30 heavy (non-hydrogen) atoms. The molecule has 4 saturated carbocycles. The van der Waals surface area contributed by atoms with E-state index in [-0.39, 0.29) is 11.3 Å².